The van der Waals surface area contributed by atoms with Crippen LogP contribution in [0.1, 0.15) is 42.2 Å². The SMILES string of the molecule is CC1=NN(c2ccc(C(=O)N3CCC(C(=O)Nc4nc(C)cs4)CC3)cc2)CC1. The molecule has 3 heterocycles. The number of carbonyl (C=O) groups excluding carboxylic acids is 2. The van der Waals surface area contributed by atoms with Crippen LogP contribution >= 0.6 is 11.3 Å². The summed E-state index contributed by atoms with van der Waals surface area (Å²) in [5.74, 6) is -0.0637. The number of hydrogen-bond acceptors (Lipinski definition) is 6. The number of aryl methyl sites for hydroxylation is 1. The molecule has 0 saturated carbocycles. The summed E-state index contributed by atoms with van der Waals surface area (Å²) in [6.45, 7) is 5.99. The quantitative estimate of drug-likeness (QED) is 0.835. The Morgan fingerprint density at radius 2 is 1.83 bits per heavy atom. The Labute approximate surface area is 174 Å². The fourth-order valence-electron chi connectivity index (χ4n) is 3.68. The van der Waals surface area contributed by atoms with Gasteiger partial charge in [-0.15, -0.1) is 11.3 Å². The molecule has 4 rings (SSSR count). The lowest BCUT2D eigenvalue weighted by molar-refractivity contribution is -0.121. The number of rotatable bonds is 4. The van der Waals surface area contributed by atoms with Crippen LogP contribution in [0.25, 0.3) is 0 Å². The van der Waals surface area contributed by atoms with E-state index >= 15 is 0 Å². The fourth-order valence-corrected chi connectivity index (χ4v) is 4.37. The maximum absolute atomic E-state index is 12.8. The van der Waals surface area contributed by atoms with Crippen LogP contribution in [0.3, 0.4) is 0 Å². The van der Waals surface area contributed by atoms with Crippen molar-refractivity contribution in [3.8, 4) is 0 Å². The summed E-state index contributed by atoms with van der Waals surface area (Å²) in [6.07, 6.45) is 2.31. The number of benzene rings is 1. The van der Waals surface area contributed by atoms with E-state index in [2.05, 4.69) is 15.4 Å². The molecule has 2 aromatic rings. The van der Waals surface area contributed by atoms with Crippen molar-refractivity contribution in [3.05, 3.63) is 40.9 Å². The highest BCUT2D eigenvalue weighted by molar-refractivity contribution is 7.13. The summed E-state index contributed by atoms with van der Waals surface area (Å²) in [5.41, 5.74) is 3.71. The van der Waals surface area contributed by atoms with Crippen molar-refractivity contribution >= 4 is 39.7 Å². The molecule has 0 spiro atoms. The predicted octanol–water partition coefficient (Wildman–Crippen LogP) is 3.53. The Kier molecular flexibility index (Phi) is 5.62. The highest BCUT2D eigenvalue weighted by Gasteiger charge is 2.28. The number of hydrogen-bond donors (Lipinski definition) is 1. The topological polar surface area (TPSA) is 77.9 Å². The number of anilines is 2. The van der Waals surface area contributed by atoms with Gasteiger partial charge in [-0.2, -0.15) is 5.10 Å². The molecule has 1 aromatic heterocycles. The average molecular weight is 412 g/mol. The molecule has 1 fully saturated rings. The van der Waals surface area contributed by atoms with Gasteiger partial charge in [0.1, 0.15) is 0 Å². The summed E-state index contributed by atoms with van der Waals surface area (Å²) >= 11 is 1.44. The molecule has 0 bridgehead atoms. The van der Waals surface area contributed by atoms with Gasteiger partial charge in [-0.25, -0.2) is 4.98 Å². The largest absolute Gasteiger partial charge is 0.339 e. The Bertz CT molecular complexity index is 929. The molecule has 2 aliphatic rings. The molecule has 1 N–H and O–H groups in total. The van der Waals surface area contributed by atoms with Crippen molar-refractivity contribution < 1.29 is 9.59 Å². The highest BCUT2D eigenvalue weighted by Crippen LogP contribution is 2.24. The lowest BCUT2D eigenvalue weighted by Crippen LogP contribution is -2.41. The van der Waals surface area contributed by atoms with Crippen LogP contribution in [0.5, 0.6) is 0 Å². The molecule has 0 atom stereocenters. The van der Waals surface area contributed by atoms with Crippen LogP contribution in [0, 0.1) is 12.8 Å². The second kappa shape index (κ2) is 8.32. The van der Waals surface area contributed by atoms with Crippen molar-refractivity contribution in [1.29, 1.82) is 0 Å². The van der Waals surface area contributed by atoms with Gasteiger partial charge >= 0.3 is 0 Å². The second-order valence-corrected chi connectivity index (χ2v) is 8.46. The number of amides is 2. The van der Waals surface area contributed by atoms with Crippen LogP contribution in [-0.4, -0.2) is 47.0 Å². The van der Waals surface area contributed by atoms with Gasteiger partial charge in [0.05, 0.1) is 11.4 Å². The molecular weight excluding hydrogens is 386 g/mol. The van der Waals surface area contributed by atoms with Gasteiger partial charge in [-0.1, -0.05) is 0 Å². The first-order chi connectivity index (χ1) is 14.0. The minimum atomic E-state index is -0.0816. The molecule has 29 heavy (non-hydrogen) atoms. The van der Waals surface area contributed by atoms with E-state index in [-0.39, 0.29) is 17.7 Å². The zero-order valence-electron chi connectivity index (χ0n) is 16.7. The predicted molar refractivity (Wildman–Crippen MR) is 116 cm³/mol. The molecule has 0 aliphatic carbocycles. The molecule has 152 valence electrons. The summed E-state index contributed by atoms with van der Waals surface area (Å²) in [6, 6.07) is 7.63. The Hall–Kier alpha value is -2.74. The number of piperidine rings is 1. The summed E-state index contributed by atoms with van der Waals surface area (Å²) < 4.78 is 0. The molecule has 2 amide bonds. The minimum Gasteiger partial charge on any atom is -0.339 e. The van der Waals surface area contributed by atoms with Crippen molar-refractivity contribution in [1.82, 2.24) is 9.88 Å². The maximum Gasteiger partial charge on any atom is 0.253 e. The van der Waals surface area contributed by atoms with Gasteiger partial charge in [-0.3, -0.25) is 14.6 Å². The normalized spacial score (nSPS) is 17.4. The number of aromatic nitrogens is 1. The smallest absolute Gasteiger partial charge is 0.253 e. The lowest BCUT2D eigenvalue weighted by atomic mass is 9.95. The van der Waals surface area contributed by atoms with Gasteiger partial charge < -0.3 is 10.2 Å². The molecule has 7 nitrogen and oxygen atoms in total. The zero-order chi connectivity index (χ0) is 20.4. The Balaban J connectivity index is 1.31. The monoisotopic (exact) mass is 411 g/mol. The van der Waals surface area contributed by atoms with Gasteiger partial charge in [0.25, 0.3) is 5.91 Å². The first-order valence-electron chi connectivity index (χ1n) is 9.93. The molecule has 1 saturated heterocycles. The standard InChI is InChI=1S/C21H25N5O2S/c1-14-7-12-26(24-14)18-5-3-17(4-6-18)20(28)25-10-8-16(9-11-25)19(27)23-21-22-15(2)13-29-21/h3-6,13,16H,7-12H2,1-2H3,(H,22,23,27). The van der Waals surface area contributed by atoms with Crippen molar-refractivity contribution in [2.75, 3.05) is 30.0 Å². The van der Waals surface area contributed by atoms with E-state index < -0.39 is 0 Å². The van der Waals surface area contributed by atoms with Crippen molar-refractivity contribution in [3.63, 3.8) is 0 Å². The maximum atomic E-state index is 12.8. The second-order valence-electron chi connectivity index (χ2n) is 7.61. The number of nitrogens with one attached hydrogen (secondary N) is 1. The Morgan fingerprint density at radius 1 is 1.10 bits per heavy atom. The average Bonchev–Trinajstić information content (AvgIpc) is 3.35. The summed E-state index contributed by atoms with van der Waals surface area (Å²) in [7, 11) is 0. The van der Waals surface area contributed by atoms with Crippen LogP contribution in [-0.2, 0) is 4.79 Å². The summed E-state index contributed by atoms with van der Waals surface area (Å²) in [5, 5.41) is 11.9. The highest BCUT2D eigenvalue weighted by atomic mass is 32.1. The van der Waals surface area contributed by atoms with Crippen LogP contribution in [0.15, 0.2) is 34.7 Å². The molecule has 0 radical (unpaired) electrons. The van der Waals surface area contributed by atoms with E-state index in [4.69, 9.17) is 0 Å². The van der Waals surface area contributed by atoms with E-state index in [0.29, 0.717) is 36.6 Å². The third-order valence-electron chi connectivity index (χ3n) is 5.39. The van der Waals surface area contributed by atoms with E-state index in [1.54, 1.807) is 0 Å². The lowest BCUT2D eigenvalue weighted by Gasteiger charge is -2.31. The summed E-state index contributed by atoms with van der Waals surface area (Å²) in [4.78, 5) is 31.4. The van der Waals surface area contributed by atoms with E-state index in [0.717, 1.165) is 30.1 Å². The number of likely N-dealkylation sites (tertiary alicyclic amines) is 1. The first-order valence-corrected chi connectivity index (χ1v) is 10.8. The zero-order valence-corrected chi connectivity index (χ0v) is 17.5. The molecular formula is C21H25N5O2S. The van der Waals surface area contributed by atoms with Crippen molar-refractivity contribution in [2.45, 2.75) is 33.1 Å². The third kappa shape index (κ3) is 4.48. The molecule has 1 aromatic carbocycles. The fraction of sp³-hybridized carbons (Fsp3) is 0.429. The van der Waals surface area contributed by atoms with Crippen molar-refractivity contribution in [2.24, 2.45) is 11.0 Å². The van der Waals surface area contributed by atoms with E-state index in [9.17, 15) is 9.59 Å². The van der Waals surface area contributed by atoms with Gasteiger partial charge in [-0.05, 0) is 51.0 Å². The van der Waals surface area contributed by atoms with Gasteiger partial charge in [0.2, 0.25) is 5.91 Å². The number of thiazole rings is 1. The van der Waals surface area contributed by atoms with Crippen LogP contribution in [0.4, 0.5) is 10.8 Å². The molecule has 2 aliphatic heterocycles. The number of carbonyl (C=O) groups is 2. The minimum absolute atomic E-state index is 0.00253. The van der Waals surface area contributed by atoms with Gasteiger partial charge in [0, 0.05) is 48.6 Å². The number of nitrogens with zero attached hydrogens (tertiary/aromatic N) is 4. The number of hydrazone groups is 1. The van der Waals surface area contributed by atoms with E-state index in [1.165, 1.54) is 11.3 Å². The van der Waals surface area contributed by atoms with Crippen LogP contribution < -0.4 is 10.3 Å². The van der Waals surface area contributed by atoms with Crippen LogP contribution in [0.2, 0.25) is 0 Å². The van der Waals surface area contributed by atoms with E-state index in [1.807, 2.05) is 53.4 Å². The molecule has 0 unspecified atom stereocenters. The Morgan fingerprint density at radius 3 is 2.41 bits per heavy atom. The molecule has 8 heteroatoms. The first kappa shape index (κ1) is 19.6. The third-order valence-corrected chi connectivity index (χ3v) is 6.27. The van der Waals surface area contributed by atoms with Gasteiger partial charge in [0.15, 0.2) is 5.13 Å².